The molecule has 4 aromatic heterocycles. The van der Waals surface area contributed by atoms with Gasteiger partial charge in [-0.2, -0.15) is 0 Å². The van der Waals surface area contributed by atoms with Gasteiger partial charge in [0.1, 0.15) is 22.3 Å². The summed E-state index contributed by atoms with van der Waals surface area (Å²) in [5.41, 5.74) is 5.53. The molecule has 0 aliphatic heterocycles. The predicted molar refractivity (Wildman–Crippen MR) is 234 cm³/mol. The SMILES string of the molecule is [2H]c1c([2H])c([2H])c2c(oc3c(-c4cc(-c5cccc6c5oc5ccccc56)cc5c4sc4ccccc45)c([2H])c([2H])c([2H])c32)c1-c1nc(-c2ccccc2)nc(-c2ccccc2)n1. The van der Waals surface area contributed by atoms with E-state index in [0.29, 0.717) is 33.9 Å². The molecule has 0 bridgehead atoms. The van der Waals surface area contributed by atoms with Gasteiger partial charge in [-0.3, -0.25) is 0 Å². The Labute approximate surface area is 338 Å². The number of fused-ring (bicyclic) bond motifs is 9. The number of hydrogen-bond donors (Lipinski definition) is 0. The molecule has 0 fully saturated rings. The summed E-state index contributed by atoms with van der Waals surface area (Å²) in [5.74, 6) is 0.706. The molecule has 0 amide bonds. The van der Waals surface area contributed by atoms with Crippen molar-refractivity contribution in [2.45, 2.75) is 0 Å². The summed E-state index contributed by atoms with van der Waals surface area (Å²) in [6.07, 6.45) is 0. The largest absolute Gasteiger partial charge is 0.455 e. The number of nitrogens with zero attached hydrogens (tertiary/aromatic N) is 3. The first-order valence-corrected chi connectivity index (χ1v) is 19.3. The van der Waals surface area contributed by atoms with Crippen LogP contribution in [0.1, 0.15) is 8.22 Å². The van der Waals surface area contributed by atoms with Crippen molar-refractivity contribution in [1.29, 1.82) is 0 Å². The lowest BCUT2D eigenvalue weighted by Gasteiger charge is -2.10. The number of para-hydroxylation sites is 4. The van der Waals surface area contributed by atoms with Gasteiger partial charge in [-0.05, 0) is 35.9 Å². The molecule has 12 aromatic rings. The number of benzene rings is 8. The second-order valence-corrected chi connectivity index (χ2v) is 14.9. The van der Waals surface area contributed by atoms with E-state index in [-0.39, 0.29) is 69.1 Å². The summed E-state index contributed by atoms with van der Waals surface area (Å²) < 4.78 is 71.2. The van der Waals surface area contributed by atoms with Gasteiger partial charge in [0, 0.05) is 69.5 Å². The predicted octanol–water partition coefficient (Wildman–Crippen LogP) is 14.4. The van der Waals surface area contributed by atoms with Crippen molar-refractivity contribution >= 4 is 75.4 Å². The fourth-order valence-corrected chi connectivity index (χ4v) is 9.06. The van der Waals surface area contributed by atoms with E-state index in [1.807, 2.05) is 121 Å². The topological polar surface area (TPSA) is 65.0 Å². The van der Waals surface area contributed by atoms with Gasteiger partial charge in [-0.25, -0.2) is 15.0 Å². The maximum atomic E-state index is 9.59. The maximum absolute atomic E-state index is 9.59. The first-order chi connectivity index (χ1) is 30.7. The summed E-state index contributed by atoms with van der Waals surface area (Å²) in [5, 5.41) is 4.06. The lowest BCUT2D eigenvalue weighted by atomic mass is 9.94. The van der Waals surface area contributed by atoms with Crippen LogP contribution in [0.15, 0.2) is 185 Å². The Hall–Kier alpha value is -7.41. The standard InChI is InChI=1S/C51H29N3O2S/c1-3-14-30(15-4-1)49-52-50(31-16-5-2-6-17-31)54-51(53-49)40-25-13-23-38-37-22-12-24-39(46(37)56-47(38)40)42-29-32(28-41-35-19-8-10-27-44(35)57-48(41)42)33-20-11-21-36-34-18-7-9-26-43(34)55-45(33)36/h1-29H/i12D,13D,22D,23D,24D,25D. The van der Waals surface area contributed by atoms with Crippen LogP contribution in [0.3, 0.4) is 0 Å². The Bertz CT molecular complexity index is 3830. The summed E-state index contributed by atoms with van der Waals surface area (Å²) in [6.45, 7) is 0. The molecule has 8 aromatic carbocycles. The quantitative estimate of drug-likeness (QED) is 0.175. The van der Waals surface area contributed by atoms with Crippen LogP contribution in [0.25, 0.3) is 120 Å². The van der Waals surface area contributed by atoms with Gasteiger partial charge in [-0.15, -0.1) is 11.3 Å². The fraction of sp³-hybridized carbons (Fsp3) is 0. The van der Waals surface area contributed by atoms with Crippen molar-refractivity contribution in [3.8, 4) is 56.4 Å². The Morgan fingerprint density at radius 1 is 0.404 bits per heavy atom. The molecular formula is C51H29N3O2S. The highest BCUT2D eigenvalue weighted by atomic mass is 32.1. The third-order valence-electron chi connectivity index (χ3n) is 10.5. The van der Waals surface area contributed by atoms with E-state index >= 15 is 0 Å². The molecule has 0 aliphatic carbocycles. The van der Waals surface area contributed by atoms with E-state index in [1.54, 1.807) is 11.3 Å². The molecule has 0 saturated heterocycles. The van der Waals surface area contributed by atoms with Gasteiger partial charge >= 0.3 is 0 Å². The molecule has 57 heavy (non-hydrogen) atoms. The number of rotatable bonds is 5. The van der Waals surface area contributed by atoms with Crippen molar-refractivity contribution in [2.24, 2.45) is 0 Å². The Balaban J connectivity index is 1.20. The minimum atomic E-state index is -0.418. The zero-order valence-corrected chi connectivity index (χ0v) is 30.7. The van der Waals surface area contributed by atoms with E-state index in [1.165, 1.54) is 0 Å². The van der Waals surface area contributed by atoms with Crippen LogP contribution in [-0.2, 0) is 0 Å². The van der Waals surface area contributed by atoms with E-state index in [0.717, 1.165) is 47.7 Å². The van der Waals surface area contributed by atoms with E-state index in [4.69, 9.17) is 25.2 Å². The third kappa shape index (κ3) is 5.04. The highest BCUT2D eigenvalue weighted by Crippen LogP contribution is 2.47. The van der Waals surface area contributed by atoms with Crippen molar-refractivity contribution < 1.29 is 17.1 Å². The molecule has 0 N–H and O–H groups in total. The van der Waals surface area contributed by atoms with E-state index in [2.05, 4.69) is 18.2 Å². The van der Waals surface area contributed by atoms with Crippen LogP contribution in [0, 0.1) is 0 Å². The van der Waals surface area contributed by atoms with Crippen molar-refractivity contribution in [1.82, 2.24) is 15.0 Å². The first-order valence-electron chi connectivity index (χ1n) is 21.4. The Kier molecular flexibility index (Phi) is 5.82. The summed E-state index contributed by atoms with van der Waals surface area (Å²) >= 11 is 1.56. The minimum Gasteiger partial charge on any atom is -0.455 e. The number of furan rings is 2. The van der Waals surface area contributed by atoms with Crippen LogP contribution in [-0.4, -0.2) is 15.0 Å². The maximum Gasteiger partial charge on any atom is 0.167 e. The van der Waals surface area contributed by atoms with Crippen LogP contribution in [0.4, 0.5) is 0 Å². The second-order valence-electron chi connectivity index (χ2n) is 13.8. The van der Waals surface area contributed by atoms with Gasteiger partial charge in [0.05, 0.1) is 13.8 Å². The lowest BCUT2D eigenvalue weighted by molar-refractivity contribution is 0.670. The third-order valence-corrected chi connectivity index (χ3v) is 11.7. The van der Waals surface area contributed by atoms with Gasteiger partial charge in [-0.1, -0.05) is 145 Å². The highest BCUT2D eigenvalue weighted by Gasteiger charge is 2.22. The summed E-state index contributed by atoms with van der Waals surface area (Å²) in [7, 11) is 0. The first kappa shape index (κ1) is 26.4. The number of hydrogen-bond acceptors (Lipinski definition) is 6. The molecule has 0 spiro atoms. The summed E-state index contributed by atoms with van der Waals surface area (Å²) in [4.78, 5) is 14.5. The minimum absolute atomic E-state index is 0.00996. The van der Waals surface area contributed by atoms with Crippen LogP contribution >= 0.6 is 11.3 Å². The van der Waals surface area contributed by atoms with Crippen LogP contribution < -0.4 is 0 Å². The molecular weight excluding hydrogens is 719 g/mol. The summed E-state index contributed by atoms with van der Waals surface area (Å²) in [6, 6.07) is 42.9. The smallest absolute Gasteiger partial charge is 0.167 e. The molecule has 0 radical (unpaired) electrons. The Morgan fingerprint density at radius 3 is 1.75 bits per heavy atom. The lowest BCUT2D eigenvalue weighted by Crippen LogP contribution is -2.00. The van der Waals surface area contributed by atoms with Gasteiger partial charge in [0.15, 0.2) is 17.5 Å². The Morgan fingerprint density at radius 2 is 1.00 bits per heavy atom. The van der Waals surface area contributed by atoms with E-state index in [9.17, 15) is 6.85 Å². The number of thiophene rings is 1. The zero-order valence-electron chi connectivity index (χ0n) is 35.8. The highest BCUT2D eigenvalue weighted by molar-refractivity contribution is 7.26. The fourth-order valence-electron chi connectivity index (χ4n) is 7.86. The average Bonchev–Trinajstić information content (AvgIpc) is 4.03. The second kappa shape index (κ2) is 12.6. The van der Waals surface area contributed by atoms with E-state index < -0.39 is 6.04 Å². The van der Waals surface area contributed by atoms with Crippen molar-refractivity contribution in [3.05, 3.63) is 176 Å². The molecule has 6 heteroatoms. The average molecular weight is 754 g/mol. The van der Waals surface area contributed by atoms with Crippen LogP contribution in [0.5, 0.6) is 0 Å². The van der Waals surface area contributed by atoms with Gasteiger partial charge in [0.25, 0.3) is 0 Å². The van der Waals surface area contributed by atoms with Gasteiger partial charge in [0.2, 0.25) is 0 Å². The number of aromatic nitrogens is 3. The molecule has 0 aliphatic rings. The van der Waals surface area contributed by atoms with Crippen LogP contribution in [0.2, 0.25) is 0 Å². The van der Waals surface area contributed by atoms with Crippen molar-refractivity contribution in [3.63, 3.8) is 0 Å². The molecule has 0 saturated carbocycles. The molecule has 12 rings (SSSR count). The monoisotopic (exact) mass is 753 g/mol. The molecule has 5 nitrogen and oxygen atoms in total. The van der Waals surface area contributed by atoms with Gasteiger partial charge < -0.3 is 8.83 Å². The molecule has 0 atom stereocenters. The van der Waals surface area contributed by atoms with Crippen molar-refractivity contribution in [2.75, 3.05) is 0 Å². The molecule has 266 valence electrons. The molecule has 0 unspecified atom stereocenters. The molecule has 4 heterocycles. The zero-order chi connectivity index (χ0) is 42.7. The normalized spacial score (nSPS) is 13.3.